The molecular formula is C16H29N3O2. The van der Waals surface area contributed by atoms with Crippen molar-refractivity contribution >= 4 is 11.8 Å². The Hall–Kier alpha value is -1.10. The molecule has 0 radical (unpaired) electrons. The maximum atomic E-state index is 12.5. The van der Waals surface area contributed by atoms with E-state index >= 15 is 0 Å². The van der Waals surface area contributed by atoms with Gasteiger partial charge in [-0.25, -0.2) is 0 Å². The molecule has 2 amide bonds. The molecule has 0 aromatic carbocycles. The van der Waals surface area contributed by atoms with Crippen LogP contribution in [0.3, 0.4) is 0 Å². The normalized spacial score (nSPS) is 24.9. The Labute approximate surface area is 127 Å². The lowest BCUT2D eigenvalue weighted by atomic mass is 9.88. The molecule has 1 aliphatic heterocycles. The highest BCUT2D eigenvalue weighted by Crippen LogP contribution is 2.26. The van der Waals surface area contributed by atoms with Crippen LogP contribution in [0.4, 0.5) is 0 Å². The minimum atomic E-state index is -0.0295. The van der Waals surface area contributed by atoms with Gasteiger partial charge in [0.25, 0.3) is 0 Å². The van der Waals surface area contributed by atoms with Gasteiger partial charge in [-0.15, -0.1) is 0 Å². The van der Waals surface area contributed by atoms with E-state index in [0.29, 0.717) is 19.0 Å². The van der Waals surface area contributed by atoms with E-state index in [4.69, 9.17) is 0 Å². The SMILES string of the molecule is CNCC(C)C(=O)NC1CCN(C(=O)C2CCCCC2)C1. The lowest BCUT2D eigenvalue weighted by molar-refractivity contribution is -0.135. The summed E-state index contributed by atoms with van der Waals surface area (Å²) in [6, 6.07) is 0.129. The third kappa shape index (κ3) is 4.43. The minimum absolute atomic E-state index is 0.0295. The molecule has 2 N–H and O–H groups in total. The highest BCUT2D eigenvalue weighted by Gasteiger charge is 2.32. The first-order valence-electron chi connectivity index (χ1n) is 8.35. The van der Waals surface area contributed by atoms with Gasteiger partial charge in [0, 0.05) is 37.5 Å². The average Bonchev–Trinajstić information content (AvgIpc) is 2.96. The fourth-order valence-electron chi connectivity index (χ4n) is 3.43. The smallest absolute Gasteiger partial charge is 0.225 e. The molecule has 2 rings (SSSR count). The Bertz CT molecular complexity index is 367. The molecule has 21 heavy (non-hydrogen) atoms. The zero-order valence-corrected chi connectivity index (χ0v) is 13.4. The van der Waals surface area contributed by atoms with Gasteiger partial charge in [0.05, 0.1) is 0 Å². The first kappa shape index (κ1) is 16.3. The second kappa shape index (κ2) is 7.78. The zero-order valence-electron chi connectivity index (χ0n) is 13.4. The second-order valence-electron chi connectivity index (χ2n) is 6.57. The van der Waals surface area contributed by atoms with Crippen LogP contribution >= 0.6 is 0 Å². The molecule has 1 saturated heterocycles. The predicted molar refractivity (Wildman–Crippen MR) is 82.8 cm³/mol. The van der Waals surface area contributed by atoms with Crippen LogP contribution < -0.4 is 10.6 Å². The van der Waals surface area contributed by atoms with Gasteiger partial charge in [0.1, 0.15) is 0 Å². The highest BCUT2D eigenvalue weighted by atomic mass is 16.2. The molecule has 2 unspecified atom stereocenters. The summed E-state index contributed by atoms with van der Waals surface area (Å²) in [5.41, 5.74) is 0. The van der Waals surface area contributed by atoms with Crippen LogP contribution in [0, 0.1) is 11.8 Å². The molecule has 1 saturated carbocycles. The minimum Gasteiger partial charge on any atom is -0.351 e. The van der Waals surface area contributed by atoms with Crippen LogP contribution in [0.5, 0.6) is 0 Å². The molecular weight excluding hydrogens is 266 g/mol. The Balaban J connectivity index is 1.77. The summed E-state index contributed by atoms with van der Waals surface area (Å²) in [5, 5.41) is 6.10. The van der Waals surface area contributed by atoms with E-state index in [-0.39, 0.29) is 23.8 Å². The summed E-state index contributed by atoms with van der Waals surface area (Å²) >= 11 is 0. The van der Waals surface area contributed by atoms with Gasteiger partial charge >= 0.3 is 0 Å². The fraction of sp³-hybridized carbons (Fsp3) is 0.875. The van der Waals surface area contributed by atoms with Crippen LogP contribution in [0.1, 0.15) is 45.4 Å². The van der Waals surface area contributed by atoms with Crippen molar-refractivity contribution in [3.8, 4) is 0 Å². The van der Waals surface area contributed by atoms with Crippen LogP contribution in [0.25, 0.3) is 0 Å². The number of nitrogens with zero attached hydrogens (tertiary/aromatic N) is 1. The van der Waals surface area contributed by atoms with E-state index in [9.17, 15) is 9.59 Å². The molecule has 1 heterocycles. The first-order chi connectivity index (χ1) is 10.1. The molecule has 120 valence electrons. The third-order valence-corrected chi connectivity index (χ3v) is 4.76. The van der Waals surface area contributed by atoms with Crippen molar-refractivity contribution in [1.29, 1.82) is 0 Å². The monoisotopic (exact) mass is 295 g/mol. The van der Waals surface area contributed by atoms with Crippen molar-refractivity contribution < 1.29 is 9.59 Å². The van der Waals surface area contributed by atoms with Crippen molar-refractivity contribution in [2.75, 3.05) is 26.7 Å². The van der Waals surface area contributed by atoms with Crippen LogP contribution in [-0.2, 0) is 9.59 Å². The van der Waals surface area contributed by atoms with Gasteiger partial charge in [-0.1, -0.05) is 26.2 Å². The topological polar surface area (TPSA) is 61.4 Å². The standard InChI is InChI=1S/C16H29N3O2/c1-12(10-17-2)15(20)18-14-8-9-19(11-14)16(21)13-6-4-3-5-7-13/h12-14,17H,3-11H2,1-2H3,(H,18,20). The summed E-state index contributed by atoms with van der Waals surface area (Å²) in [7, 11) is 1.85. The van der Waals surface area contributed by atoms with Crippen LogP contribution in [-0.4, -0.2) is 49.4 Å². The number of rotatable bonds is 5. The summed E-state index contributed by atoms with van der Waals surface area (Å²) < 4.78 is 0. The van der Waals surface area contributed by atoms with Crippen molar-refractivity contribution in [1.82, 2.24) is 15.5 Å². The molecule has 2 aliphatic rings. The number of hydrogen-bond donors (Lipinski definition) is 2. The number of likely N-dealkylation sites (tertiary alicyclic amines) is 1. The number of amides is 2. The van der Waals surface area contributed by atoms with Crippen LogP contribution in [0.2, 0.25) is 0 Å². The van der Waals surface area contributed by atoms with Gasteiger partial charge in [0.2, 0.25) is 11.8 Å². The van der Waals surface area contributed by atoms with Gasteiger partial charge < -0.3 is 15.5 Å². The third-order valence-electron chi connectivity index (χ3n) is 4.76. The Kier molecular flexibility index (Phi) is 6.03. The maximum Gasteiger partial charge on any atom is 0.225 e. The van der Waals surface area contributed by atoms with E-state index in [0.717, 1.165) is 25.8 Å². The number of hydrogen-bond acceptors (Lipinski definition) is 3. The lowest BCUT2D eigenvalue weighted by Crippen LogP contribution is -2.43. The zero-order chi connectivity index (χ0) is 15.2. The number of carbonyl (C=O) groups is 2. The van der Waals surface area contributed by atoms with E-state index in [1.165, 1.54) is 19.3 Å². The first-order valence-corrected chi connectivity index (χ1v) is 8.35. The molecule has 0 aromatic rings. The Morgan fingerprint density at radius 2 is 1.90 bits per heavy atom. The lowest BCUT2D eigenvalue weighted by Gasteiger charge is -2.26. The van der Waals surface area contributed by atoms with Gasteiger partial charge in [-0.05, 0) is 26.3 Å². The van der Waals surface area contributed by atoms with Crippen molar-refractivity contribution in [2.45, 2.75) is 51.5 Å². The van der Waals surface area contributed by atoms with Gasteiger partial charge in [-0.3, -0.25) is 9.59 Å². The van der Waals surface area contributed by atoms with Crippen molar-refractivity contribution in [3.63, 3.8) is 0 Å². The molecule has 2 atom stereocenters. The number of carbonyl (C=O) groups excluding carboxylic acids is 2. The van der Waals surface area contributed by atoms with Crippen molar-refractivity contribution in [3.05, 3.63) is 0 Å². The largest absolute Gasteiger partial charge is 0.351 e. The molecule has 2 fully saturated rings. The summed E-state index contributed by atoms with van der Waals surface area (Å²) in [6.45, 7) is 4.09. The molecule has 1 aliphatic carbocycles. The highest BCUT2D eigenvalue weighted by molar-refractivity contribution is 5.80. The van der Waals surface area contributed by atoms with Gasteiger partial charge in [0.15, 0.2) is 0 Å². The van der Waals surface area contributed by atoms with E-state index in [1.807, 2.05) is 18.9 Å². The number of nitrogens with one attached hydrogen (secondary N) is 2. The quantitative estimate of drug-likeness (QED) is 0.799. The summed E-state index contributed by atoms with van der Waals surface area (Å²) in [4.78, 5) is 26.4. The molecule has 0 aromatic heterocycles. The predicted octanol–water partition coefficient (Wildman–Crippen LogP) is 1.14. The van der Waals surface area contributed by atoms with E-state index in [2.05, 4.69) is 10.6 Å². The van der Waals surface area contributed by atoms with Gasteiger partial charge in [-0.2, -0.15) is 0 Å². The van der Waals surface area contributed by atoms with E-state index in [1.54, 1.807) is 0 Å². The van der Waals surface area contributed by atoms with Crippen LogP contribution in [0.15, 0.2) is 0 Å². The van der Waals surface area contributed by atoms with E-state index < -0.39 is 0 Å². The fourth-order valence-corrected chi connectivity index (χ4v) is 3.43. The maximum absolute atomic E-state index is 12.5. The molecule has 5 heteroatoms. The summed E-state index contributed by atoms with van der Waals surface area (Å²) in [6.07, 6.45) is 6.62. The molecule has 0 spiro atoms. The van der Waals surface area contributed by atoms with Crippen molar-refractivity contribution in [2.24, 2.45) is 11.8 Å². The Morgan fingerprint density at radius 3 is 2.57 bits per heavy atom. The molecule has 5 nitrogen and oxygen atoms in total. The molecule has 0 bridgehead atoms. The Morgan fingerprint density at radius 1 is 1.19 bits per heavy atom. The average molecular weight is 295 g/mol. The second-order valence-corrected chi connectivity index (χ2v) is 6.57. The summed E-state index contributed by atoms with van der Waals surface area (Å²) in [5.74, 6) is 0.602.